The van der Waals surface area contributed by atoms with Crippen LogP contribution >= 0.6 is 11.6 Å². The van der Waals surface area contributed by atoms with Gasteiger partial charge in [0.05, 0.1) is 10.4 Å². The third-order valence-corrected chi connectivity index (χ3v) is 7.72. The van der Waals surface area contributed by atoms with Crippen molar-refractivity contribution in [3.05, 3.63) is 130 Å². The van der Waals surface area contributed by atoms with Gasteiger partial charge >= 0.3 is 0 Å². The summed E-state index contributed by atoms with van der Waals surface area (Å²) >= 11 is 6.49. The molecule has 0 saturated carbocycles. The van der Waals surface area contributed by atoms with Crippen LogP contribution in [0.25, 0.3) is 33.1 Å². The smallest absolute Gasteiger partial charge is 0.153 e. The highest BCUT2D eigenvalue weighted by Crippen LogP contribution is 2.62. The summed E-state index contributed by atoms with van der Waals surface area (Å²) in [6.45, 7) is 0. The minimum atomic E-state index is -0.492. The van der Waals surface area contributed by atoms with E-state index in [9.17, 15) is 0 Å². The zero-order chi connectivity index (χ0) is 22.4. The molecule has 0 bridgehead atoms. The molecule has 1 spiro atoms. The Balaban J connectivity index is 1.58. The zero-order valence-corrected chi connectivity index (χ0v) is 18.8. The molecule has 2 aliphatic rings. The first-order chi connectivity index (χ1) is 16.8. The summed E-state index contributed by atoms with van der Waals surface area (Å²) in [6, 6.07) is 36.0. The van der Waals surface area contributed by atoms with Crippen LogP contribution in [0.4, 0.5) is 0 Å². The van der Waals surface area contributed by atoms with Gasteiger partial charge in [-0.1, -0.05) is 90.5 Å². The molecule has 0 N–H and O–H groups in total. The maximum absolute atomic E-state index is 6.58. The van der Waals surface area contributed by atoms with Gasteiger partial charge < -0.3 is 9.15 Å². The number of hydrogen-bond donors (Lipinski definition) is 0. The minimum absolute atomic E-state index is 0.492. The summed E-state index contributed by atoms with van der Waals surface area (Å²) in [5.41, 5.74) is 8.31. The highest BCUT2D eigenvalue weighted by atomic mass is 35.5. The average molecular weight is 457 g/mol. The first kappa shape index (κ1) is 18.4. The Morgan fingerprint density at radius 1 is 0.559 bits per heavy atom. The third-order valence-electron chi connectivity index (χ3n) is 7.42. The van der Waals surface area contributed by atoms with Crippen LogP contribution in [-0.4, -0.2) is 0 Å². The zero-order valence-electron chi connectivity index (χ0n) is 18.0. The van der Waals surface area contributed by atoms with Crippen molar-refractivity contribution in [2.75, 3.05) is 0 Å². The van der Waals surface area contributed by atoms with E-state index < -0.39 is 5.41 Å². The first-order valence-corrected chi connectivity index (χ1v) is 11.8. The van der Waals surface area contributed by atoms with Gasteiger partial charge in [-0.25, -0.2) is 0 Å². The number of para-hydroxylation sites is 2. The fourth-order valence-electron chi connectivity index (χ4n) is 6.11. The molecular formula is C31H17ClO2. The maximum Gasteiger partial charge on any atom is 0.153 e. The van der Waals surface area contributed by atoms with Crippen molar-refractivity contribution < 1.29 is 9.15 Å². The molecule has 2 heterocycles. The highest BCUT2D eigenvalue weighted by Gasteiger charge is 2.51. The second-order valence-electron chi connectivity index (χ2n) is 9.00. The van der Waals surface area contributed by atoms with Crippen LogP contribution in [0.15, 0.2) is 108 Å². The Morgan fingerprint density at radius 2 is 1.24 bits per heavy atom. The fraction of sp³-hybridized carbons (Fsp3) is 0.0323. The molecule has 0 saturated heterocycles. The molecule has 2 nitrogen and oxygen atoms in total. The highest BCUT2D eigenvalue weighted by molar-refractivity contribution is 6.35. The van der Waals surface area contributed by atoms with E-state index >= 15 is 0 Å². The molecule has 0 radical (unpaired) electrons. The maximum atomic E-state index is 6.58. The standard InChI is InChI=1S/C31H17ClO2/c32-26-14-7-10-20-21-16-29-25(17-28(21)34-30(20)26)31(24-13-5-6-15-27(24)33-29)22-11-3-1-8-18(22)19-9-2-4-12-23(19)31/h1-17H. The molecule has 1 aliphatic heterocycles. The second kappa shape index (κ2) is 6.31. The van der Waals surface area contributed by atoms with E-state index in [0.717, 1.165) is 39.0 Å². The monoisotopic (exact) mass is 456 g/mol. The van der Waals surface area contributed by atoms with Gasteiger partial charge in [0, 0.05) is 21.9 Å². The summed E-state index contributed by atoms with van der Waals surface area (Å²) in [5.74, 6) is 1.73. The second-order valence-corrected chi connectivity index (χ2v) is 9.41. The van der Waals surface area contributed by atoms with Crippen molar-refractivity contribution in [2.24, 2.45) is 0 Å². The van der Waals surface area contributed by atoms with Crippen LogP contribution in [-0.2, 0) is 5.41 Å². The van der Waals surface area contributed by atoms with E-state index in [2.05, 4.69) is 78.9 Å². The van der Waals surface area contributed by atoms with Crippen molar-refractivity contribution >= 4 is 33.5 Å². The predicted molar refractivity (Wildman–Crippen MR) is 136 cm³/mol. The molecule has 8 rings (SSSR count). The number of halogens is 1. The summed E-state index contributed by atoms with van der Waals surface area (Å²) < 4.78 is 12.9. The van der Waals surface area contributed by atoms with E-state index in [4.69, 9.17) is 20.8 Å². The average Bonchev–Trinajstić information content (AvgIpc) is 3.39. The van der Waals surface area contributed by atoms with Gasteiger partial charge in [0.2, 0.25) is 0 Å². The van der Waals surface area contributed by atoms with Crippen LogP contribution in [0.5, 0.6) is 11.5 Å². The van der Waals surface area contributed by atoms with Gasteiger partial charge in [-0.3, -0.25) is 0 Å². The van der Waals surface area contributed by atoms with Crippen LogP contribution in [0.1, 0.15) is 22.3 Å². The summed E-state index contributed by atoms with van der Waals surface area (Å²) in [6.07, 6.45) is 0. The summed E-state index contributed by atoms with van der Waals surface area (Å²) in [7, 11) is 0. The molecule has 1 aromatic heterocycles. The van der Waals surface area contributed by atoms with Gasteiger partial charge in [0.15, 0.2) is 5.58 Å². The molecule has 0 amide bonds. The van der Waals surface area contributed by atoms with E-state index in [1.54, 1.807) is 0 Å². The quantitative estimate of drug-likeness (QED) is 0.227. The van der Waals surface area contributed by atoms with Crippen LogP contribution in [0.2, 0.25) is 5.02 Å². The van der Waals surface area contributed by atoms with Crippen LogP contribution in [0, 0.1) is 0 Å². The molecule has 3 heteroatoms. The predicted octanol–water partition coefficient (Wildman–Crippen LogP) is 8.71. The van der Waals surface area contributed by atoms with Crippen molar-refractivity contribution in [3.8, 4) is 22.6 Å². The Bertz CT molecular complexity index is 1760. The Kier molecular flexibility index (Phi) is 3.42. The van der Waals surface area contributed by atoms with E-state index in [1.807, 2.05) is 24.3 Å². The normalized spacial score (nSPS) is 14.5. The van der Waals surface area contributed by atoms with Gasteiger partial charge in [0.1, 0.15) is 17.1 Å². The van der Waals surface area contributed by atoms with Gasteiger partial charge in [-0.2, -0.15) is 0 Å². The topological polar surface area (TPSA) is 22.4 Å². The molecule has 1 aliphatic carbocycles. The molecular weight excluding hydrogens is 440 g/mol. The Hall–Kier alpha value is -4.01. The lowest BCUT2D eigenvalue weighted by Crippen LogP contribution is -2.32. The first-order valence-electron chi connectivity index (χ1n) is 11.4. The van der Waals surface area contributed by atoms with E-state index in [0.29, 0.717) is 10.6 Å². The van der Waals surface area contributed by atoms with Gasteiger partial charge in [0.25, 0.3) is 0 Å². The van der Waals surface area contributed by atoms with Crippen molar-refractivity contribution in [1.29, 1.82) is 0 Å². The van der Waals surface area contributed by atoms with Gasteiger partial charge in [-0.05, 0) is 46.5 Å². The number of benzene rings is 5. The number of rotatable bonds is 0. The number of furan rings is 1. The lowest BCUT2D eigenvalue weighted by Gasteiger charge is -2.39. The number of ether oxygens (including phenoxy) is 1. The Labute approximate surface area is 201 Å². The summed E-state index contributed by atoms with van der Waals surface area (Å²) in [4.78, 5) is 0. The fourth-order valence-corrected chi connectivity index (χ4v) is 6.32. The molecule has 0 unspecified atom stereocenters. The third kappa shape index (κ3) is 2.08. The van der Waals surface area contributed by atoms with Crippen molar-refractivity contribution in [3.63, 3.8) is 0 Å². The number of fused-ring (bicyclic) bond motifs is 12. The lowest BCUT2D eigenvalue weighted by molar-refractivity contribution is 0.437. The van der Waals surface area contributed by atoms with Gasteiger partial charge in [-0.15, -0.1) is 0 Å². The van der Waals surface area contributed by atoms with Crippen LogP contribution < -0.4 is 4.74 Å². The SMILES string of the molecule is Clc1cccc2c1oc1cc3c(cc12)Oc1ccccc1C31c2ccccc2-c2ccccc21. The Morgan fingerprint density at radius 3 is 2.00 bits per heavy atom. The minimum Gasteiger partial charge on any atom is -0.457 e. The van der Waals surface area contributed by atoms with E-state index in [1.165, 1.54) is 22.3 Å². The molecule has 0 atom stereocenters. The largest absolute Gasteiger partial charge is 0.457 e. The molecule has 160 valence electrons. The molecule has 6 aromatic rings. The van der Waals surface area contributed by atoms with Crippen molar-refractivity contribution in [2.45, 2.75) is 5.41 Å². The lowest BCUT2D eigenvalue weighted by atomic mass is 9.66. The van der Waals surface area contributed by atoms with Crippen molar-refractivity contribution in [1.82, 2.24) is 0 Å². The summed E-state index contributed by atoms with van der Waals surface area (Å²) in [5, 5.41) is 2.61. The molecule has 34 heavy (non-hydrogen) atoms. The molecule has 0 fully saturated rings. The van der Waals surface area contributed by atoms with E-state index in [-0.39, 0.29) is 0 Å². The molecule has 5 aromatic carbocycles. The number of hydrogen-bond acceptors (Lipinski definition) is 2. The van der Waals surface area contributed by atoms with Crippen LogP contribution in [0.3, 0.4) is 0 Å².